The molecule has 1 amide bonds. The number of ketones is 1. The van der Waals surface area contributed by atoms with Crippen LogP contribution in [0.5, 0.6) is 11.5 Å². The van der Waals surface area contributed by atoms with Crippen LogP contribution in [-0.4, -0.2) is 40.7 Å². The van der Waals surface area contributed by atoms with Crippen molar-refractivity contribution in [3.05, 3.63) is 75.9 Å². The Kier molecular flexibility index (Phi) is 6.81. The van der Waals surface area contributed by atoms with Crippen molar-refractivity contribution in [2.75, 3.05) is 19.5 Å². The number of carbonyl (C=O) groups excluding carboxylic acids is 2. The molecule has 3 aromatic heterocycles. The van der Waals surface area contributed by atoms with Crippen LogP contribution < -0.4 is 14.8 Å². The van der Waals surface area contributed by atoms with E-state index in [4.69, 9.17) is 37.1 Å². The second-order valence-corrected chi connectivity index (χ2v) is 8.20. The maximum atomic E-state index is 13.3. The summed E-state index contributed by atoms with van der Waals surface area (Å²) in [5, 5.41) is 7.21. The van der Waals surface area contributed by atoms with Crippen molar-refractivity contribution >= 4 is 51.7 Å². The van der Waals surface area contributed by atoms with Crippen molar-refractivity contribution in [1.29, 1.82) is 0 Å². The predicted molar refractivity (Wildman–Crippen MR) is 132 cm³/mol. The summed E-state index contributed by atoms with van der Waals surface area (Å²) in [6, 6.07) is 6.47. The van der Waals surface area contributed by atoms with Gasteiger partial charge in [0, 0.05) is 37.5 Å². The van der Waals surface area contributed by atoms with Crippen molar-refractivity contribution in [2.45, 2.75) is 6.42 Å². The third kappa shape index (κ3) is 4.73. The number of aryl methyl sites for hydroxylation is 1. The molecule has 0 aliphatic heterocycles. The van der Waals surface area contributed by atoms with E-state index >= 15 is 0 Å². The molecule has 0 saturated heterocycles. The Morgan fingerprint density at radius 3 is 2.49 bits per heavy atom. The minimum Gasteiger partial charge on any atom is -0.495 e. The summed E-state index contributed by atoms with van der Waals surface area (Å²) >= 11 is 12.8. The van der Waals surface area contributed by atoms with Crippen LogP contribution in [0.15, 0.2) is 47.5 Å². The van der Waals surface area contributed by atoms with Gasteiger partial charge in [-0.25, -0.2) is 4.98 Å². The largest absolute Gasteiger partial charge is 0.495 e. The Bertz CT molecular complexity index is 1450. The lowest BCUT2D eigenvalue weighted by Crippen LogP contribution is -2.08. The van der Waals surface area contributed by atoms with E-state index in [0.717, 1.165) is 0 Å². The standard InChI is InChI=1S/C24H20Cl2N4O5/c1-5-20(31)28-15-11-30(2)29-13(15)8-12-6-7-16-14(27-12)9-19(35-16)24(32)21-22(25)17(33-3)10-18(34-4)23(21)26/h5-7,9-11H,1,8H2,2-4H3,(H,28,31). The Labute approximate surface area is 210 Å². The number of carbonyl (C=O) groups is 2. The highest BCUT2D eigenvalue weighted by molar-refractivity contribution is 6.42. The lowest BCUT2D eigenvalue weighted by molar-refractivity contribution is -0.111. The zero-order valence-electron chi connectivity index (χ0n) is 19.0. The molecule has 180 valence electrons. The van der Waals surface area contributed by atoms with Gasteiger partial charge in [0.25, 0.3) is 0 Å². The van der Waals surface area contributed by atoms with Crippen molar-refractivity contribution in [1.82, 2.24) is 14.8 Å². The summed E-state index contributed by atoms with van der Waals surface area (Å²) in [5.74, 6) is -0.409. The maximum Gasteiger partial charge on any atom is 0.247 e. The van der Waals surface area contributed by atoms with Gasteiger partial charge in [0.2, 0.25) is 11.7 Å². The third-order valence-electron chi connectivity index (χ3n) is 5.15. The number of furan rings is 1. The summed E-state index contributed by atoms with van der Waals surface area (Å²) in [5.41, 5.74) is 2.69. The molecule has 4 rings (SSSR count). The molecule has 0 bridgehead atoms. The number of methoxy groups -OCH3 is 2. The summed E-state index contributed by atoms with van der Waals surface area (Å²) in [4.78, 5) is 29.6. The minimum absolute atomic E-state index is 0.0000921. The monoisotopic (exact) mass is 514 g/mol. The number of fused-ring (bicyclic) bond motifs is 1. The number of aromatic nitrogens is 3. The molecule has 0 unspecified atom stereocenters. The Morgan fingerprint density at radius 2 is 1.86 bits per heavy atom. The first kappa shape index (κ1) is 24.3. The minimum atomic E-state index is -0.545. The fourth-order valence-corrected chi connectivity index (χ4v) is 4.18. The molecule has 0 aliphatic rings. The van der Waals surface area contributed by atoms with Crippen LogP contribution in [0.4, 0.5) is 5.69 Å². The zero-order chi connectivity index (χ0) is 25.3. The van der Waals surface area contributed by atoms with E-state index in [1.165, 1.54) is 32.4 Å². The SMILES string of the molecule is C=CC(=O)Nc1cn(C)nc1Cc1ccc2oc(C(=O)c3c(Cl)c(OC)cc(OC)c3Cl)cc2n1. The third-order valence-corrected chi connectivity index (χ3v) is 5.90. The molecule has 1 N–H and O–H groups in total. The molecule has 0 spiro atoms. The van der Waals surface area contributed by atoms with E-state index in [9.17, 15) is 9.59 Å². The van der Waals surface area contributed by atoms with Gasteiger partial charge in [-0.1, -0.05) is 29.8 Å². The number of halogens is 2. The fraction of sp³-hybridized carbons (Fsp3) is 0.167. The first-order valence-electron chi connectivity index (χ1n) is 10.3. The molecule has 11 heteroatoms. The molecule has 1 aromatic carbocycles. The molecule has 35 heavy (non-hydrogen) atoms. The fourth-order valence-electron chi connectivity index (χ4n) is 3.51. The lowest BCUT2D eigenvalue weighted by atomic mass is 10.1. The van der Waals surface area contributed by atoms with Crippen LogP contribution in [0, 0.1) is 0 Å². The van der Waals surface area contributed by atoms with Crippen LogP contribution in [0.1, 0.15) is 27.5 Å². The average molecular weight is 515 g/mol. The number of anilines is 1. The first-order valence-corrected chi connectivity index (χ1v) is 11.0. The van der Waals surface area contributed by atoms with Crippen LogP contribution in [0.3, 0.4) is 0 Å². The van der Waals surface area contributed by atoms with Crippen molar-refractivity contribution in [3.8, 4) is 11.5 Å². The zero-order valence-corrected chi connectivity index (χ0v) is 20.5. The molecular formula is C24H20Cl2N4O5. The van der Waals surface area contributed by atoms with Crippen LogP contribution in [-0.2, 0) is 18.3 Å². The van der Waals surface area contributed by atoms with E-state index in [-0.39, 0.29) is 38.8 Å². The van der Waals surface area contributed by atoms with E-state index in [2.05, 4.69) is 22.0 Å². The van der Waals surface area contributed by atoms with E-state index in [0.29, 0.717) is 34.6 Å². The second-order valence-electron chi connectivity index (χ2n) is 7.44. The normalized spacial score (nSPS) is 10.9. The Hall–Kier alpha value is -3.82. The molecule has 0 saturated carbocycles. The van der Waals surface area contributed by atoms with Crippen molar-refractivity contribution in [2.24, 2.45) is 7.05 Å². The molecule has 9 nitrogen and oxygen atoms in total. The van der Waals surface area contributed by atoms with Crippen molar-refractivity contribution in [3.63, 3.8) is 0 Å². The van der Waals surface area contributed by atoms with Gasteiger partial charge in [0.05, 0.1) is 41.2 Å². The van der Waals surface area contributed by atoms with Gasteiger partial charge in [0.1, 0.15) is 17.0 Å². The van der Waals surface area contributed by atoms with E-state index in [1.807, 2.05) is 0 Å². The molecule has 0 atom stereocenters. The molecular weight excluding hydrogens is 495 g/mol. The highest BCUT2D eigenvalue weighted by atomic mass is 35.5. The summed E-state index contributed by atoms with van der Waals surface area (Å²) in [6.07, 6.45) is 3.21. The highest BCUT2D eigenvalue weighted by Crippen LogP contribution is 2.41. The Balaban J connectivity index is 1.68. The quantitative estimate of drug-likeness (QED) is 0.265. The molecule has 3 heterocycles. The lowest BCUT2D eigenvalue weighted by Gasteiger charge is -2.12. The summed E-state index contributed by atoms with van der Waals surface area (Å²) < 4.78 is 17.8. The number of ether oxygens (including phenoxy) is 2. The summed E-state index contributed by atoms with van der Waals surface area (Å²) in [7, 11) is 4.60. The molecule has 4 aromatic rings. The first-order chi connectivity index (χ1) is 16.7. The number of rotatable bonds is 8. The number of amides is 1. The topological polar surface area (TPSA) is 108 Å². The van der Waals surface area contributed by atoms with Gasteiger partial charge >= 0.3 is 0 Å². The van der Waals surface area contributed by atoms with Gasteiger partial charge in [-0.3, -0.25) is 14.3 Å². The smallest absolute Gasteiger partial charge is 0.247 e. The number of nitrogens with zero attached hydrogens (tertiary/aromatic N) is 3. The summed E-state index contributed by atoms with van der Waals surface area (Å²) in [6.45, 7) is 3.46. The number of hydrogen-bond donors (Lipinski definition) is 1. The molecule has 0 aliphatic carbocycles. The van der Waals surface area contributed by atoms with Gasteiger partial charge < -0.3 is 19.2 Å². The van der Waals surface area contributed by atoms with E-state index in [1.54, 1.807) is 30.1 Å². The molecule has 0 radical (unpaired) electrons. The maximum absolute atomic E-state index is 13.3. The van der Waals surface area contributed by atoms with Gasteiger partial charge in [0.15, 0.2) is 11.3 Å². The van der Waals surface area contributed by atoms with E-state index < -0.39 is 5.78 Å². The van der Waals surface area contributed by atoms with Crippen LogP contribution in [0.2, 0.25) is 10.0 Å². The second kappa shape index (κ2) is 9.81. The van der Waals surface area contributed by atoms with Crippen molar-refractivity contribution < 1.29 is 23.5 Å². The number of hydrogen-bond acceptors (Lipinski definition) is 7. The predicted octanol–water partition coefficient (Wildman–Crippen LogP) is 4.83. The molecule has 0 fully saturated rings. The van der Waals surface area contributed by atoms with Crippen LogP contribution in [0.25, 0.3) is 11.1 Å². The Morgan fingerprint density at radius 1 is 1.17 bits per heavy atom. The number of pyridine rings is 1. The number of nitrogens with one attached hydrogen (secondary N) is 1. The number of benzene rings is 1. The van der Waals surface area contributed by atoms with Gasteiger partial charge in [-0.15, -0.1) is 0 Å². The average Bonchev–Trinajstić information content (AvgIpc) is 3.41. The van der Waals surface area contributed by atoms with Gasteiger partial charge in [-0.2, -0.15) is 5.10 Å². The highest BCUT2D eigenvalue weighted by Gasteiger charge is 2.26. The van der Waals surface area contributed by atoms with Gasteiger partial charge in [-0.05, 0) is 18.2 Å². The van der Waals surface area contributed by atoms with Crippen LogP contribution >= 0.6 is 23.2 Å².